The Bertz CT molecular complexity index is 640. The summed E-state index contributed by atoms with van der Waals surface area (Å²) in [5.74, 6) is -1.26. The van der Waals surface area contributed by atoms with Gasteiger partial charge >= 0.3 is 6.18 Å². The molecule has 0 spiro atoms. The summed E-state index contributed by atoms with van der Waals surface area (Å²) in [5.41, 5.74) is -0.0526. The first kappa shape index (κ1) is 16.2. The molecule has 0 aliphatic heterocycles. The van der Waals surface area contributed by atoms with Gasteiger partial charge in [0.1, 0.15) is 5.82 Å². The van der Waals surface area contributed by atoms with Gasteiger partial charge in [0.05, 0.1) is 11.6 Å². The minimum absolute atomic E-state index is 0.369. The third-order valence-corrected chi connectivity index (χ3v) is 3.77. The van der Waals surface area contributed by atoms with Gasteiger partial charge in [0.15, 0.2) is 0 Å². The van der Waals surface area contributed by atoms with Crippen molar-refractivity contribution in [1.29, 1.82) is 0 Å². The van der Waals surface area contributed by atoms with Crippen LogP contribution in [0.2, 0.25) is 0 Å². The zero-order valence-corrected chi connectivity index (χ0v) is 13.2. The van der Waals surface area contributed by atoms with Crippen molar-refractivity contribution in [2.24, 2.45) is 0 Å². The summed E-state index contributed by atoms with van der Waals surface area (Å²) in [7, 11) is 1.65. The lowest BCUT2D eigenvalue weighted by molar-refractivity contribution is -0.140. The van der Waals surface area contributed by atoms with Crippen LogP contribution in [0.3, 0.4) is 0 Å². The van der Waals surface area contributed by atoms with Crippen molar-refractivity contribution in [2.75, 3.05) is 7.05 Å². The van der Waals surface area contributed by atoms with Crippen LogP contribution >= 0.6 is 22.6 Å². The maximum atomic E-state index is 13.4. The molecule has 0 bridgehead atoms. The normalized spacial score (nSPS) is 13.2. The monoisotopic (exact) mass is 409 g/mol. The van der Waals surface area contributed by atoms with Crippen LogP contribution in [-0.4, -0.2) is 7.05 Å². The summed E-state index contributed by atoms with van der Waals surface area (Å²) < 4.78 is 52.7. The largest absolute Gasteiger partial charge is 0.419 e. The van der Waals surface area contributed by atoms with Crippen molar-refractivity contribution < 1.29 is 17.6 Å². The molecule has 2 aromatic rings. The molecule has 0 aromatic heterocycles. The van der Waals surface area contributed by atoms with Crippen LogP contribution in [-0.2, 0) is 6.18 Å². The van der Waals surface area contributed by atoms with Crippen LogP contribution in [0.5, 0.6) is 0 Å². The van der Waals surface area contributed by atoms with Crippen LogP contribution in [0.4, 0.5) is 17.6 Å². The summed E-state index contributed by atoms with van der Waals surface area (Å²) in [6.07, 6.45) is -4.70. The average Bonchev–Trinajstić information content (AvgIpc) is 2.40. The lowest BCUT2D eigenvalue weighted by atomic mass is 9.97. The number of alkyl halides is 3. The van der Waals surface area contributed by atoms with E-state index in [0.29, 0.717) is 5.56 Å². The van der Waals surface area contributed by atoms with Crippen molar-refractivity contribution in [2.45, 2.75) is 12.2 Å². The topological polar surface area (TPSA) is 12.0 Å². The summed E-state index contributed by atoms with van der Waals surface area (Å²) in [5, 5.41) is 2.97. The molecule has 2 aromatic carbocycles. The van der Waals surface area contributed by atoms with E-state index in [-0.39, 0.29) is 0 Å². The van der Waals surface area contributed by atoms with Gasteiger partial charge < -0.3 is 5.32 Å². The van der Waals surface area contributed by atoms with Gasteiger partial charge in [-0.05, 0) is 65.0 Å². The maximum absolute atomic E-state index is 13.4. The number of hydrogen-bond acceptors (Lipinski definition) is 1. The van der Waals surface area contributed by atoms with Crippen LogP contribution < -0.4 is 5.32 Å². The Labute approximate surface area is 133 Å². The fourth-order valence-electron chi connectivity index (χ4n) is 2.15. The maximum Gasteiger partial charge on any atom is 0.419 e. The highest BCUT2D eigenvalue weighted by molar-refractivity contribution is 14.1. The Morgan fingerprint density at radius 2 is 1.71 bits per heavy atom. The molecule has 0 heterocycles. The molecule has 0 saturated carbocycles. The molecule has 1 N–H and O–H groups in total. The van der Waals surface area contributed by atoms with Gasteiger partial charge in [-0.25, -0.2) is 4.39 Å². The molecule has 0 aliphatic carbocycles. The standard InChI is InChI=1S/C15H12F4IN/c1-21-14(9-3-2-4-11(20)7-9)10-5-6-13(16)12(8-10)15(17,18)19/h2-8,14,21H,1H3. The molecular formula is C15H12F4IN. The van der Waals surface area contributed by atoms with E-state index in [4.69, 9.17) is 0 Å². The van der Waals surface area contributed by atoms with Gasteiger partial charge in [-0.1, -0.05) is 18.2 Å². The van der Waals surface area contributed by atoms with Gasteiger partial charge in [-0.3, -0.25) is 0 Å². The zero-order chi connectivity index (χ0) is 15.6. The lowest BCUT2D eigenvalue weighted by Crippen LogP contribution is -2.19. The van der Waals surface area contributed by atoms with Gasteiger partial charge in [-0.15, -0.1) is 0 Å². The van der Waals surface area contributed by atoms with E-state index in [2.05, 4.69) is 27.9 Å². The molecule has 6 heteroatoms. The van der Waals surface area contributed by atoms with Gasteiger partial charge in [0.2, 0.25) is 0 Å². The van der Waals surface area contributed by atoms with E-state index in [0.717, 1.165) is 21.3 Å². The highest BCUT2D eigenvalue weighted by Crippen LogP contribution is 2.34. The molecule has 0 amide bonds. The average molecular weight is 409 g/mol. The number of hydrogen-bond donors (Lipinski definition) is 1. The SMILES string of the molecule is CNC(c1cccc(I)c1)c1ccc(F)c(C(F)(F)F)c1. The molecule has 21 heavy (non-hydrogen) atoms. The van der Waals surface area contributed by atoms with E-state index < -0.39 is 23.6 Å². The first-order chi connectivity index (χ1) is 9.82. The number of nitrogens with one attached hydrogen (secondary N) is 1. The molecule has 0 saturated heterocycles. The van der Waals surface area contributed by atoms with E-state index in [1.54, 1.807) is 7.05 Å². The van der Waals surface area contributed by atoms with Gasteiger partial charge in [-0.2, -0.15) is 13.2 Å². The number of halogens is 5. The summed E-state index contributed by atoms with van der Waals surface area (Å²) in [4.78, 5) is 0. The van der Waals surface area contributed by atoms with Gasteiger partial charge in [0, 0.05) is 3.57 Å². The van der Waals surface area contributed by atoms with E-state index in [1.165, 1.54) is 6.07 Å². The Morgan fingerprint density at radius 1 is 1.05 bits per heavy atom. The summed E-state index contributed by atoms with van der Waals surface area (Å²) in [6, 6.07) is 10.1. The Hall–Kier alpha value is -1.15. The zero-order valence-electron chi connectivity index (χ0n) is 11.0. The van der Waals surface area contributed by atoms with Crippen molar-refractivity contribution in [3.63, 3.8) is 0 Å². The molecule has 0 aliphatic rings. The predicted molar refractivity (Wildman–Crippen MR) is 81.5 cm³/mol. The predicted octanol–water partition coefficient (Wildman–Crippen LogP) is 4.76. The lowest BCUT2D eigenvalue weighted by Gasteiger charge is -2.19. The van der Waals surface area contributed by atoms with Crippen molar-refractivity contribution in [1.82, 2.24) is 5.32 Å². The third kappa shape index (κ3) is 3.74. The smallest absolute Gasteiger partial charge is 0.309 e. The van der Waals surface area contributed by atoms with E-state index in [1.807, 2.05) is 24.3 Å². The quantitative estimate of drug-likeness (QED) is 0.570. The highest BCUT2D eigenvalue weighted by Gasteiger charge is 2.34. The van der Waals surface area contributed by atoms with Crippen LogP contribution in [0.1, 0.15) is 22.7 Å². The first-order valence-electron chi connectivity index (χ1n) is 6.12. The molecule has 0 radical (unpaired) electrons. The molecule has 2 rings (SSSR count). The highest BCUT2D eigenvalue weighted by atomic mass is 127. The van der Waals surface area contributed by atoms with Crippen molar-refractivity contribution in [3.8, 4) is 0 Å². The van der Waals surface area contributed by atoms with Gasteiger partial charge in [0.25, 0.3) is 0 Å². The number of benzene rings is 2. The molecule has 1 unspecified atom stereocenters. The van der Waals surface area contributed by atoms with Crippen molar-refractivity contribution in [3.05, 3.63) is 68.5 Å². The minimum atomic E-state index is -4.70. The fourth-order valence-corrected chi connectivity index (χ4v) is 2.72. The fraction of sp³-hybridized carbons (Fsp3) is 0.200. The van der Waals surface area contributed by atoms with Crippen LogP contribution in [0, 0.1) is 9.39 Å². The van der Waals surface area contributed by atoms with Crippen LogP contribution in [0.25, 0.3) is 0 Å². The first-order valence-corrected chi connectivity index (χ1v) is 7.20. The molecule has 1 nitrogen and oxygen atoms in total. The molecule has 1 atom stereocenters. The minimum Gasteiger partial charge on any atom is -0.309 e. The van der Waals surface area contributed by atoms with Crippen molar-refractivity contribution >= 4 is 22.6 Å². The Kier molecular flexibility index (Phi) is 4.88. The molecule has 112 valence electrons. The second-order valence-corrected chi connectivity index (χ2v) is 5.76. The summed E-state index contributed by atoms with van der Waals surface area (Å²) in [6.45, 7) is 0. The second kappa shape index (κ2) is 6.31. The third-order valence-electron chi connectivity index (χ3n) is 3.10. The Balaban J connectivity index is 2.49. The Morgan fingerprint density at radius 3 is 2.29 bits per heavy atom. The number of rotatable bonds is 3. The summed E-state index contributed by atoms with van der Waals surface area (Å²) >= 11 is 2.13. The van der Waals surface area contributed by atoms with E-state index in [9.17, 15) is 17.6 Å². The molecule has 0 fully saturated rings. The van der Waals surface area contributed by atoms with Crippen LogP contribution in [0.15, 0.2) is 42.5 Å². The second-order valence-electron chi connectivity index (χ2n) is 4.51. The van der Waals surface area contributed by atoms with E-state index >= 15 is 0 Å². The molecular weight excluding hydrogens is 397 g/mol.